The Kier molecular flexibility index (Phi) is 8.21. The fourth-order valence-corrected chi connectivity index (χ4v) is 3.93. The SMILES string of the molecule is O=C(C[C@@H]1C=C[C@@H](NC(=O)Nc2cccc(F)c2)[C@@H](CO)O1)NCC1CCCCC1. The molecule has 1 saturated carbocycles. The van der Waals surface area contributed by atoms with Gasteiger partial charge >= 0.3 is 6.03 Å². The summed E-state index contributed by atoms with van der Waals surface area (Å²) in [5.41, 5.74) is 0.321. The summed E-state index contributed by atoms with van der Waals surface area (Å²) < 4.78 is 19.0. The van der Waals surface area contributed by atoms with Crippen molar-refractivity contribution in [1.29, 1.82) is 0 Å². The summed E-state index contributed by atoms with van der Waals surface area (Å²) in [5.74, 6) is 0.0228. The molecule has 1 aliphatic carbocycles. The normalized spacial score (nSPS) is 24.3. The van der Waals surface area contributed by atoms with E-state index in [0.29, 0.717) is 18.2 Å². The van der Waals surface area contributed by atoms with Crippen LogP contribution in [0.5, 0.6) is 0 Å². The maximum absolute atomic E-state index is 13.2. The number of benzene rings is 1. The molecule has 0 bridgehead atoms. The van der Waals surface area contributed by atoms with Crippen LogP contribution in [-0.4, -0.2) is 48.4 Å². The average Bonchev–Trinajstić information content (AvgIpc) is 2.74. The summed E-state index contributed by atoms with van der Waals surface area (Å²) >= 11 is 0. The summed E-state index contributed by atoms with van der Waals surface area (Å²) in [4.78, 5) is 24.4. The van der Waals surface area contributed by atoms with Gasteiger partial charge in [-0.25, -0.2) is 9.18 Å². The van der Waals surface area contributed by atoms with Gasteiger partial charge in [0.1, 0.15) is 11.9 Å². The van der Waals surface area contributed by atoms with Gasteiger partial charge in [0.15, 0.2) is 0 Å². The molecule has 164 valence electrons. The molecule has 3 atom stereocenters. The molecule has 1 aromatic carbocycles. The van der Waals surface area contributed by atoms with E-state index in [2.05, 4.69) is 16.0 Å². The van der Waals surface area contributed by atoms with Gasteiger partial charge in [0, 0.05) is 12.2 Å². The Balaban J connectivity index is 1.46. The van der Waals surface area contributed by atoms with E-state index in [-0.39, 0.29) is 18.9 Å². The number of rotatable bonds is 7. The van der Waals surface area contributed by atoms with Gasteiger partial charge in [-0.05, 0) is 37.0 Å². The van der Waals surface area contributed by atoms with E-state index in [0.717, 1.165) is 12.8 Å². The number of aliphatic hydroxyl groups excluding tert-OH is 1. The predicted molar refractivity (Wildman–Crippen MR) is 111 cm³/mol. The number of anilines is 1. The lowest BCUT2D eigenvalue weighted by Crippen LogP contribution is -2.50. The molecular formula is C22H30FN3O4. The molecular weight excluding hydrogens is 389 g/mol. The Hall–Kier alpha value is -2.45. The summed E-state index contributed by atoms with van der Waals surface area (Å²) in [6, 6.07) is 4.45. The van der Waals surface area contributed by atoms with Gasteiger partial charge in [0.25, 0.3) is 0 Å². The third kappa shape index (κ3) is 6.81. The summed E-state index contributed by atoms with van der Waals surface area (Å²) in [5, 5.41) is 17.9. The van der Waals surface area contributed by atoms with Gasteiger partial charge in [-0.2, -0.15) is 0 Å². The molecule has 30 heavy (non-hydrogen) atoms. The number of hydrogen-bond acceptors (Lipinski definition) is 4. The van der Waals surface area contributed by atoms with E-state index in [9.17, 15) is 19.1 Å². The minimum absolute atomic E-state index is 0.0813. The molecule has 1 aliphatic heterocycles. The van der Waals surface area contributed by atoms with Crippen LogP contribution in [0, 0.1) is 11.7 Å². The lowest BCUT2D eigenvalue weighted by Gasteiger charge is -2.31. The average molecular weight is 419 g/mol. The largest absolute Gasteiger partial charge is 0.394 e. The smallest absolute Gasteiger partial charge is 0.319 e. The Bertz CT molecular complexity index is 752. The van der Waals surface area contributed by atoms with Crippen LogP contribution in [0.4, 0.5) is 14.9 Å². The number of ether oxygens (including phenoxy) is 1. The lowest BCUT2D eigenvalue weighted by atomic mass is 9.89. The van der Waals surface area contributed by atoms with Crippen molar-refractivity contribution in [1.82, 2.24) is 10.6 Å². The minimum Gasteiger partial charge on any atom is -0.394 e. The van der Waals surface area contributed by atoms with Gasteiger partial charge in [0.2, 0.25) is 5.91 Å². The van der Waals surface area contributed by atoms with Crippen LogP contribution in [0.2, 0.25) is 0 Å². The van der Waals surface area contributed by atoms with E-state index >= 15 is 0 Å². The molecule has 0 unspecified atom stereocenters. The van der Waals surface area contributed by atoms with Crippen LogP contribution in [0.1, 0.15) is 38.5 Å². The molecule has 0 aromatic heterocycles. The van der Waals surface area contributed by atoms with E-state index in [1.54, 1.807) is 18.2 Å². The molecule has 4 N–H and O–H groups in total. The Labute approximate surface area is 176 Å². The molecule has 0 radical (unpaired) electrons. The van der Waals surface area contributed by atoms with Crippen molar-refractivity contribution in [3.05, 3.63) is 42.2 Å². The number of aliphatic hydroxyl groups is 1. The molecule has 2 aliphatic rings. The van der Waals surface area contributed by atoms with Crippen molar-refractivity contribution in [3.63, 3.8) is 0 Å². The number of amides is 3. The quantitative estimate of drug-likeness (QED) is 0.511. The monoisotopic (exact) mass is 419 g/mol. The number of carbonyl (C=O) groups excluding carboxylic acids is 2. The van der Waals surface area contributed by atoms with Crippen molar-refractivity contribution >= 4 is 17.6 Å². The standard InChI is InChI=1S/C22H30FN3O4/c23-16-7-4-8-17(11-16)25-22(29)26-19-10-9-18(30-20(19)14-27)12-21(28)24-13-15-5-2-1-3-6-15/h4,7-11,15,18-20,27H,1-3,5-6,12-14H2,(H,24,28)(H2,25,26,29)/t18-,19+,20+/m0/s1. The van der Waals surface area contributed by atoms with Crippen molar-refractivity contribution < 1.29 is 23.8 Å². The molecule has 1 aromatic rings. The number of nitrogens with one attached hydrogen (secondary N) is 3. The van der Waals surface area contributed by atoms with Crippen molar-refractivity contribution in [2.45, 2.75) is 56.8 Å². The maximum atomic E-state index is 13.2. The summed E-state index contributed by atoms with van der Waals surface area (Å²) in [6.45, 7) is 0.387. The topological polar surface area (TPSA) is 99.7 Å². The molecule has 0 spiro atoms. The Morgan fingerprint density at radius 1 is 1.17 bits per heavy atom. The second kappa shape index (κ2) is 11.1. The van der Waals surface area contributed by atoms with Crippen molar-refractivity contribution in [3.8, 4) is 0 Å². The first kappa shape index (κ1) is 22.2. The zero-order valence-corrected chi connectivity index (χ0v) is 17.0. The van der Waals surface area contributed by atoms with Crippen LogP contribution in [0.15, 0.2) is 36.4 Å². The molecule has 1 heterocycles. The highest BCUT2D eigenvalue weighted by Gasteiger charge is 2.29. The third-order valence-corrected chi connectivity index (χ3v) is 5.54. The van der Waals surface area contributed by atoms with E-state index in [1.807, 2.05) is 0 Å². The molecule has 8 heteroatoms. The van der Waals surface area contributed by atoms with Gasteiger partial charge in [-0.15, -0.1) is 0 Å². The van der Waals surface area contributed by atoms with Gasteiger partial charge in [0.05, 0.1) is 25.2 Å². The maximum Gasteiger partial charge on any atom is 0.319 e. The van der Waals surface area contributed by atoms with Crippen LogP contribution >= 0.6 is 0 Å². The van der Waals surface area contributed by atoms with E-state index < -0.39 is 30.1 Å². The number of carbonyl (C=O) groups is 2. The summed E-state index contributed by atoms with van der Waals surface area (Å²) in [6.07, 6.45) is 8.54. The highest BCUT2D eigenvalue weighted by atomic mass is 19.1. The first-order chi connectivity index (χ1) is 14.5. The zero-order valence-electron chi connectivity index (χ0n) is 17.0. The van der Waals surface area contributed by atoms with Crippen LogP contribution in [0.3, 0.4) is 0 Å². The molecule has 1 fully saturated rings. The first-order valence-corrected chi connectivity index (χ1v) is 10.6. The van der Waals surface area contributed by atoms with Crippen molar-refractivity contribution in [2.75, 3.05) is 18.5 Å². The fraction of sp³-hybridized carbons (Fsp3) is 0.545. The van der Waals surface area contributed by atoms with Crippen LogP contribution < -0.4 is 16.0 Å². The predicted octanol–water partition coefficient (Wildman–Crippen LogP) is 2.72. The first-order valence-electron chi connectivity index (χ1n) is 10.6. The number of urea groups is 1. The second-order valence-corrected chi connectivity index (χ2v) is 7.93. The second-order valence-electron chi connectivity index (χ2n) is 7.93. The van der Waals surface area contributed by atoms with Gasteiger partial charge in [-0.3, -0.25) is 4.79 Å². The minimum atomic E-state index is -0.676. The highest BCUT2D eigenvalue weighted by Crippen LogP contribution is 2.23. The summed E-state index contributed by atoms with van der Waals surface area (Å²) in [7, 11) is 0. The Morgan fingerprint density at radius 3 is 2.70 bits per heavy atom. The van der Waals surface area contributed by atoms with Crippen molar-refractivity contribution in [2.24, 2.45) is 5.92 Å². The van der Waals surface area contributed by atoms with Crippen LogP contribution in [-0.2, 0) is 9.53 Å². The number of hydrogen-bond donors (Lipinski definition) is 4. The molecule has 3 rings (SSSR count). The van der Waals surface area contributed by atoms with Crippen LogP contribution in [0.25, 0.3) is 0 Å². The number of halogens is 1. The van der Waals surface area contributed by atoms with Gasteiger partial charge < -0.3 is 25.8 Å². The zero-order chi connectivity index (χ0) is 21.3. The molecule has 3 amide bonds. The highest BCUT2D eigenvalue weighted by molar-refractivity contribution is 5.89. The fourth-order valence-electron chi connectivity index (χ4n) is 3.93. The third-order valence-electron chi connectivity index (χ3n) is 5.54. The van der Waals surface area contributed by atoms with E-state index in [4.69, 9.17) is 4.74 Å². The van der Waals surface area contributed by atoms with E-state index in [1.165, 1.54) is 37.5 Å². The molecule has 0 saturated heterocycles. The molecule has 7 nitrogen and oxygen atoms in total. The van der Waals surface area contributed by atoms with Gasteiger partial charge in [-0.1, -0.05) is 37.5 Å². The lowest BCUT2D eigenvalue weighted by molar-refractivity contribution is -0.125. The Morgan fingerprint density at radius 2 is 1.97 bits per heavy atom.